The third-order valence-corrected chi connectivity index (χ3v) is 2.65. The molecule has 8 nitrogen and oxygen atoms in total. The van der Waals surface area contributed by atoms with Gasteiger partial charge in [0.25, 0.3) is 5.56 Å². The minimum Gasteiger partial charge on any atom is -0.385 e. The molecular weight excluding hydrogens is 264 g/mol. The molecule has 0 atom stereocenters. The van der Waals surface area contributed by atoms with Gasteiger partial charge in [0.1, 0.15) is 6.54 Å². The second-order valence-electron chi connectivity index (χ2n) is 4.20. The fourth-order valence-corrected chi connectivity index (χ4v) is 1.67. The van der Waals surface area contributed by atoms with Crippen LogP contribution in [0.25, 0.3) is 0 Å². The van der Waals surface area contributed by atoms with E-state index in [2.05, 4.69) is 5.32 Å². The number of ether oxygens (including phenoxy) is 1. The van der Waals surface area contributed by atoms with Gasteiger partial charge in [-0.25, -0.2) is 4.79 Å². The summed E-state index contributed by atoms with van der Waals surface area (Å²) in [5.74, 6) is -0.291. The minimum absolute atomic E-state index is 0.128. The number of rotatable bonds is 8. The topological polar surface area (TPSA) is 108 Å². The van der Waals surface area contributed by atoms with Gasteiger partial charge in [-0.05, 0) is 6.42 Å². The van der Waals surface area contributed by atoms with Crippen molar-refractivity contribution < 1.29 is 9.53 Å². The molecule has 0 saturated carbocycles. The molecule has 0 unspecified atom stereocenters. The zero-order valence-corrected chi connectivity index (χ0v) is 11.5. The number of aromatic nitrogens is 2. The highest BCUT2D eigenvalue weighted by Gasteiger charge is 2.08. The van der Waals surface area contributed by atoms with Gasteiger partial charge in [0, 0.05) is 45.6 Å². The summed E-state index contributed by atoms with van der Waals surface area (Å²) in [6, 6.07) is 1.25. The Morgan fingerprint density at radius 1 is 1.45 bits per heavy atom. The van der Waals surface area contributed by atoms with Gasteiger partial charge in [-0.1, -0.05) is 0 Å². The number of nitrogens with one attached hydrogen (secondary N) is 1. The van der Waals surface area contributed by atoms with Gasteiger partial charge in [-0.3, -0.25) is 18.7 Å². The van der Waals surface area contributed by atoms with Gasteiger partial charge in [-0.15, -0.1) is 0 Å². The first kappa shape index (κ1) is 16.1. The molecule has 1 rings (SSSR count). The number of amides is 1. The fraction of sp³-hybridized carbons (Fsp3) is 0.583. The van der Waals surface area contributed by atoms with Crippen molar-refractivity contribution in [3.05, 3.63) is 33.1 Å². The van der Waals surface area contributed by atoms with Crippen LogP contribution in [0.2, 0.25) is 0 Å². The van der Waals surface area contributed by atoms with Crippen LogP contribution >= 0.6 is 0 Å². The zero-order valence-electron chi connectivity index (χ0n) is 11.5. The van der Waals surface area contributed by atoms with E-state index in [0.29, 0.717) is 19.6 Å². The number of carbonyl (C=O) groups is 1. The third kappa shape index (κ3) is 4.63. The number of hydrogen-bond acceptors (Lipinski definition) is 5. The molecule has 0 aromatic carbocycles. The quantitative estimate of drug-likeness (QED) is 0.543. The van der Waals surface area contributed by atoms with Crippen molar-refractivity contribution in [2.24, 2.45) is 5.73 Å². The summed E-state index contributed by atoms with van der Waals surface area (Å²) in [4.78, 5) is 35.1. The zero-order chi connectivity index (χ0) is 15.0. The van der Waals surface area contributed by atoms with Gasteiger partial charge in [-0.2, -0.15) is 0 Å². The van der Waals surface area contributed by atoms with Crippen LogP contribution in [0, 0.1) is 0 Å². The fourth-order valence-electron chi connectivity index (χ4n) is 1.67. The molecule has 0 bridgehead atoms. The molecule has 0 radical (unpaired) electrons. The van der Waals surface area contributed by atoms with Crippen molar-refractivity contribution in [2.75, 3.05) is 26.8 Å². The van der Waals surface area contributed by atoms with Crippen LogP contribution in [-0.4, -0.2) is 41.8 Å². The van der Waals surface area contributed by atoms with Crippen molar-refractivity contribution in [1.29, 1.82) is 0 Å². The number of carbonyl (C=O) groups excluding carboxylic acids is 1. The summed E-state index contributed by atoms with van der Waals surface area (Å²) in [6.45, 7) is 1.22. The van der Waals surface area contributed by atoms with E-state index in [9.17, 15) is 14.4 Å². The maximum atomic E-state index is 12.0. The van der Waals surface area contributed by atoms with Crippen molar-refractivity contribution in [2.45, 2.75) is 19.5 Å². The summed E-state index contributed by atoms with van der Waals surface area (Å²) in [5.41, 5.74) is 4.39. The standard InChI is InChI=1S/C12H20N4O4/c1-20-8-2-5-14-10(17)9-15-6-3-11(18)16(7-4-13)12(15)19/h3,6H,2,4-5,7-9,13H2,1H3,(H,14,17). The highest BCUT2D eigenvalue weighted by molar-refractivity contribution is 5.75. The lowest BCUT2D eigenvalue weighted by Gasteiger charge is -2.09. The molecule has 112 valence electrons. The molecule has 8 heteroatoms. The number of nitrogens with two attached hydrogens (primary N) is 1. The van der Waals surface area contributed by atoms with Crippen LogP contribution < -0.4 is 22.3 Å². The lowest BCUT2D eigenvalue weighted by Crippen LogP contribution is -2.42. The predicted octanol–water partition coefficient (Wildman–Crippen LogP) is -1.88. The Morgan fingerprint density at radius 3 is 2.85 bits per heavy atom. The van der Waals surface area contributed by atoms with E-state index in [1.807, 2.05) is 0 Å². The molecule has 0 spiro atoms. The Bertz CT molecular complexity index is 549. The lowest BCUT2D eigenvalue weighted by molar-refractivity contribution is -0.121. The average Bonchev–Trinajstić information content (AvgIpc) is 2.43. The first-order valence-electron chi connectivity index (χ1n) is 6.36. The van der Waals surface area contributed by atoms with E-state index in [0.717, 1.165) is 4.57 Å². The number of hydrogen-bond donors (Lipinski definition) is 2. The Labute approximate surface area is 116 Å². The number of methoxy groups -OCH3 is 1. The normalized spacial score (nSPS) is 10.5. The highest BCUT2D eigenvalue weighted by atomic mass is 16.5. The average molecular weight is 284 g/mol. The molecule has 0 saturated heterocycles. The van der Waals surface area contributed by atoms with Crippen molar-refractivity contribution in [3.8, 4) is 0 Å². The largest absolute Gasteiger partial charge is 0.385 e. The van der Waals surface area contributed by atoms with E-state index in [1.165, 1.54) is 16.8 Å². The van der Waals surface area contributed by atoms with Crippen molar-refractivity contribution in [1.82, 2.24) is 14.5 Å². The lowest BCUT2D eigenvalue weighted by atomic mass is 10.4. The summed E-state index contributed by atoms with van der Waals surface area (Å²) in [5, 5.41) is 2.67. The SMILES string of the molecule is COCCCNC(=O)Cn1ccc(=O)n(CCN)c1=O. The predicted molar refractivity (Wildman–Crippen MR) is 73.5 cm³/mol. The van der Waals surface area contributed by atoms with Crippen molar-refractivity contribution in [3.63, 3.8) is 0 Å². The second-order valence-corrected chi connectivity index (χ2v) is 4.20. The molecular formula is C12H20N4O4. The molecule has 3 N–H and O–H groups in total. The van der Waals surface area contributed by atoms with E-state index in [-0.39, 0.29) is 25.5 Å². The van der Waals surface area contributed by atoms with E-state index in [4.69, 9.17) is 10.5 Å². The molecule has 20 heavy (non-hydrogen) atoms. The monoisotopic (exact) mass is 284 g/mol. The Morgan fingerprint density at radius 2 is 2.20 bits per heavy atom. The van der Waals surface area contributed by atoms with E-state index in [1.54, 1.807) is 7.11 Å². The van der Waals surface area contributed by atoms with E-state index < -0.39 is 11.2 Å². The van der Waals surface area contributed by atoms with E-state index >= 15 is 0 Å². The van der Waals surface area contributed by atoms with Crippen LogP contribution in [0.1, 0.15) is 6.42 Å². The summed E-state index contributed by atoms with van der Waals surface area (Å²) < 4.78 is 7.06. The van der Waals surface area contributed by atoms with Crippen molar-refractivity contribution >= 4 is 5.91 Å². The summed E-state index contributed by atoms with van der Waals surface area (Å²) >= 11 is 0. The van der Waals surface area contributed by atoms with Crippen LogP contribution in [0.3, 0.4) is 0 Å². The Balaban J connectivity index is 2.68. The molecule has 0 aliphatic rings. The van der Waals surface area contributed by atoms with Crippen LogP contribution in [0.5, 0.6) is 0 Å². The van der Waals surface area contributed by atoms with Gasteiger partial charge in [0.2, 0.25) is 5.91 Å². The van der Waals surface area contributed by atoms with Gasteiger partial charge >= 0.3 is 5.69 Å². The molecule has 1 aromatic rings. The third-order valence-electron chi connectivity index (χ3n) is 2.65. The summed E-state index contributed by atoms with van der Waals surface area (Å²) in [6.07, 6.45) is 2.01. The van der Waals surface area contributed by atoms with Gasteiger partial charge in [0.05, 0.1) is 0 Å². The van der Waals surface area contributed by atoms with Gasteiger partial charge < -0.3 is 15.8 Å². The maximum absolute atomic E-state index is 12.0. The maximum Gasteiger partial charge on any atom is 0.331 e. The molecule has 0 aliphatic heterocycles. The van der Waals surface area contributed by atoms with Crippen LogP contribution in [-0.2, 0) is 22.6 Å². The Kier molecular flexibility index (Phi) is 6.68. The molecule has 1 heterocycles. The first-order chi connectivity index (χ1) is 9.60. The van der Waals surface area contributed by atoms with Gasteiger partial charge in [0.15, 0.2) is 0 Å². The first-order valence-corrected chi connectivity index (χ1v) is 6.36. The number of nitrogens with zero attached hydrogens (tertiary/aromatic N) is 2. The molecule has 0 aliphatic carbocycles. The summed E-state index contributed by atoms with van der Waals surface area (Å²) in [7, 11) is 1.59. The Hall–Kier alpha value is -1.93. The molecule has 1 aromatic heterocycles. The smallest absolute Gasteiger partial charge is 0.331 e. The molecule has 0 fully saturated rings. The highest BCUT2D eigenvalue weighted by Crippen LogP contribution is 1.82. The minimum atomic E-state index is -0.532. The van der Waals surface area contributed by atoms with Crippen LogP contribution in [0.15, 0.2) is 21.9 Å². The van der Waals surface area contributed by atoms with Crippen LogP contribution in [0.4, 0.5) is 0 Å². The molecule has 1 amide bonds. The second kappa shape index (κ2) is 8.28.